The van der Waals surface area contributed by atoms with Crippen molar-refractivity contribution in [1.29, 1.82) is 0 Å². The van der Waals surface area contributed by atoms with Crippen LogP contribution in [0.15, 0.2) is 29.7 Å². The maximum Gasteiger partial charge on any atom is 0.330 e. The van der Waals surface area contributed by atoms with Crippen LogP contribution in [0.2, 0.25) is 0 Å². The third-order valence-electron chi connectivity index (χ3n) is 2.05. The minimum absolute atomic E-state index is 0.284. The molecule has 0 aliphatic carbocycles. The third-order valence-corrected chi connectivity index (χ3v) is 3.11. The van der Waals surface area contributed by atoms with Crippen LogP contribution >= 0.6 is 11.3 Å². The number of carbonyl (C=O) groups excluding carboxylic acids is 1. The Bertz CT molecular complexity index is 333. The van der Waals surface area contributed by atoms with E-state index in [1.54, 1.807) is 24.3 Å². The van der Waals surface area contributed by atoms with Gasteiger partial charge in [0.1, 0.15) is 0 Å². The Labute approximate surface area is 100 Å². The fraction of sp³-hybridized carbons (Fsp3) is 0.417. The average molecular weight is 239 g/mol. The van der Waals surface area contributed by atoms with Crippen molar-refractivity contribution in [3.8, 4) is 0 Å². The molecule has 0 unspecified atom stereocenters. The van der Waals surface area contributed by atoms with Crippen molar-refractivity contribution in [2.75, 3.05) is 13.2 Å². The average Bonchev–Trinajstić information content (AvgIpc) is 2.78. The van der Waals surface area contributed by atoms with Gasteiger partial charge in [0.2, 0.25) is 0 Å². The van der Waals surface area contributed by atoms with Crippen LogP contribution in [-0.4, -0.2) is 19.1 Å². The van der Waals surface area contributed by atoms with Crippen molar-refractivity contribution < 1.29 is 9.53 Å². The zero-order valence-electron chi connectivity index (χ0n) is 9.60. The second-order valence-electron chi connectivity index (χ2n) is 3.30. The smallest absolute Gasteiger partial charge is 0.330 e. The molecule has 0 saturated carbocycles. The van der Waals surface area contributed by atoms with Crippen molar-refractivity contribution in [1.82, 2.24) is 5.32 Å². The summed E-state index contributed by atoms with van der Waals surface area (Å²) in [6.07, 6.45) is 3.24. The van der Waals surface area contributed by atoms with Gasteiger partial charge in [-0.3, -0.25) is 0 Å². The topological polar surface area (TPSA) is 38.3 Å². The molecule has 0 aliphatic heterocycles. The maximum atomic E-state index is 11.0. The Hall–Kier alpha value is -1.13. The summed E-state index contributed by atoms with van der Waals surface area (Å²) in [5, 5.41) is 5.36. The van der Waals surface area contributed by atoms with Gasteiger partial charge < -0.3 is 10.1 Å². The Morgan fingerprint density at radius 3 is 3.12 bits per heavy atom. The minimum Gasteiger partial charge on any atom is -0.463 e. The van der Waals surface area contributed by atoms with E-state index >= 15 is 0 Å². The lowest BCUT2D eigenvalue weighted by Crippen LogP contribution is -2.17. The van der Waals surface area contributed by atoms with Gasteiger partial charge in [-0.2, -0.15) is 0 Å². The zero-order chi connectivity index (χ0) is 11.8. The summed E-state index contributed by atoms with van der Waals surface area (Å²) in [5.74, 6) is -0.284. The van der Waals surface area contributed by atoms with E-state index in [-0.39, 0.29) is 5.97 Å². The minimum atomic E-state index is -0.284. The van der Waals surface area contributed by atoms with Crippen LogP contribution in [0.5, 0.6) is 0 Å². The summed E-state index contributed by atoms with van der Waals surface area (Å²) in [6.45, 7) is 4.98. The molecule has 1 aromatic heterocycles. The molecule has 0 radical (unpaired) electrons. The number of carbonyl (C=O) groups is 1. The molecule has 0 saturated heterocycles. The molecule has 1 atom stereocenters. The molecule has 0 amide bonds. The number of esters is 1. The summed E-state index contributed by atoms with van der Waals surface area (Å²) in [6, 6.07) is 4.44. The van der Waals surface area contributed by atoms with Gasteiger partial charge in [0.05, 0.1) is 6.61 Å². The summed E-state index contributed by atoms with van der Waals surface area (Å²) in [7, 11) is 0. The predicted molar refractivity (Wildman–Crippen MR) is 66.5 cm³/mol. The van der Waals surface area contributed by atoms with Gasteiger partial charge in [-0.1, -0.05) is 12.1 Å². The predicted octanol–water partition coefficient (Wildman–Crippen LogP) is 2.52. The van der Waals surface area contributed by atoms with Gasteiger partial charge in [-0.25, -0.2) is 4.79 Å². The fourth-order valence-electron chi connectivity index (χ4n) is 1.23. The van der Waals surface area contributed by atoms with Crippen LogP contribution in [0.1, 0.15) is 24.8 Å². The van der Waals surface area contributed by atoms with E-state index < -0.39 is 0 Å². The molecule has 0 bridgehead atoms. The summed E-state index contributed by atoms with van der Waals surface area (Å²) < 4.78 is 4.77. The molecule has 0 fully saturated rings. The van der Waals surface area contributed by atoms with Crippen molar-refractivity contribution in [2.45, 2.75) is 19.9 Å². The van der Waals surface area contributed by atoms with E-state index in [1.807, 2.05) is 6.07 Å². The number of hydrogen-bond donors (Lipinski definition) is 1. The highest BCUT2D eigenvalue weighted by Crippen LogP contribution is 2.17. The van der Waals surface area contributed by atoms with E-state index in [0.29, 0.717) is 19.2 Å². The van der Waals surface area contributed by atoms with Crippen molar-refractivity contribution in [3.05, 3.63) is 34.5 Å². The van der Waals surface area contributed by atoms with Crippen LogP contribution in [0.25, 0.3) is 0 Å². The van der Waals surface area contributed by atoms with E-state index in [2.05, 4.69) is 23.7 Å². The van der Waals surface area contributed by atoms with Gasteiger partial charge in [0, 0.05) is 23.5 Å². The molecule has 0 spiro atoms. The fourth-order valence-corrected chi connectivity index (χ4v) is 1.99. The van der Waals surface area contributed by atoms with Crippen LogP contribution < -0.4 is 5.32 Å². The van der Waals surface area contributed by atoms with Crippen LogP contribution in [-0.2, 0) is 9.53 Å². The van der Waals surface area contributed by atoms with Crippen molar-refractivity contribution in [2.24, 2.45) is 0 Å². The zero-order valence-corrected chi connectivity index (χ0v) is 10.4. The highest BCUT2D eigenvalue weighted by Gasteiger charge is 2.03. The molecule has 4 heteroatoms. The molecule has 1 heterocycles. The number of thiophene rings is 1. The molecule has 88 valence electrons. The first-order valence-electron chi connectivity index (χ1n) is 5.34. The summed E-state index contributed by atoms with van der Waals surface area (Å²) >= 11 is 1.73. The Morgan fingerprint density at radius 1 is 1.69 bits per heavy atom. The monoisotopic (exact) mass is 239 g/mol. The summed E-state index contributed by atoms with van der Waals surface area (Å²) in [4.78, 5) is 12.3. The lowest BCUT2D eigenvalue weighted by Gasteiger charge is -2.09. The Balaban J connectivity index is 2.23. The van der Waals surface area contributed by atoms with Gasteiger partial charge >= 0.3 is 5.97 Å². The van der Waals surface area contributed by atoms with Gasteiger partial charge in [-0.05, 0) is 25.3 Å². The molecule has 0 aliphatic rings. The largest absolute Gasteiger partial charge is 0.463 e. The number of nitrogens with one attached hydrogen (secondary N) is 1. The second kappa shape index (κ2) is 7.19. The van der Waals surface area contributed by atoms with E-state index in [1.165, 1.54) is 11.0 Å². The van der Waals surface area contributed by atoms with Crippen molar-refractivity contribution in [3.63, 3.8) is 0 Å². The third kappa shape index (κ3) is 4.59. The first-order valence-corrected chi connectivity index (χ1v) is 6.22. The molecule has 3 nitrogen and oxygen atoms in total. The number of hydrogen-bond acceptors (Lipinski definition) is 4. The number of rotatable bonds is 6. The Morgan fingerprint density at radius 2 is 2.50 bits per heavy atom. The molecule has 1 rings (SSSR count). The maximum absolute atomic E-state index is 11.0. The molecule has 1 N–H and O–H groups in total. The molecule has 16 heavy (non-hydrogen) atoms. The van der Waals surface area contributed by atoms with Crippen LogP contribution in [0, 0.1) is 0 Å². The van der Waals surface area contributed by atoms with E-state index in [0.717, 1.165) is 0 Å². The molecular formula is C12H17NO2S. The SMILES string of the molecule is CCOC(=O)/C=C/CN[C@@H](C)c1cccs1. The lowest BCUT2D eigenvalue weighted by atomic mass is 10.3. The summed E-state index contributed by atoms with van der Waals surface area (Å²) in [5.41, 5.74) is 0. The van der Waals surface area contributed by atoms with E-state index in [4.69, 9.17) is 4.74 Å². The quantitative estimate of drug-likeness (QED) is 0.612. The normalized spacial score (nSPS) is 12.9. The second-order valence-corrected chi connectivity index (χ2v) is 4.28. The standard InChI is InChI=1S/C12H17NO2S/c1-3-15-12(14)7-4-8-13-10(2)11-6-5-9-16-11/h4-7,9-10,13H,3,8H2,1-2H3/b7-4+/t10-/m0/s1. The first-order chi connectivity index (χ1) is 7.74. The van der Waals surface area contributed by atoms with Gasteiger partial charge in [-0.15, -0.1) is 11.3 Å². The molecule has 0 aromatic carbocycles. The molecule has 1 aromatic rings. The highest BCUT2D eigenvalue weighted by atomic mass is 32.1. The van der Waals surface area contributed by atoms with Gasteiger partial charge in [0.15, 0.2) is 0 Å². The number of ether oxygens (including phenoxy) is 1. The van der Waals surface area contributed by atoms with Crippen LogP contribution in [0.3, 0.4) is 0 Å². The van der Waals surface area contributed by atoms with E-state index in [9.17, 15) is 4.79 Å². The Kier molecular flexibility index (Phi) is 5.82. The highest BCUT2D eigenvalue weighted by molar-refractivity contribution is 7.10. The first kappa shape index (κ1) is 12.9. The lowest BCUT2D eigenvalue weighted by molar-refractivity contribution is -0.137. The molecular weight excluding hydrogens is 222 g/mol. The van der Waals surface area contributed by atoms with Crippen LogP contribution in [0.4, 0.5) is 0 Å². The van der Waals surface area contributed by atoms with Gasteiger partial charge in [0.25, 0.3) is 0 Å². The van der Waals surface area contributed by atoms with Crippen molar-refractivity contribution >= 4 is 17.3 Å².